The van der Waals surface area contributed by atoms with Crippen LogP contribution in [0, 0.1) is 0 Å². The van der Waals surface area contributed by atoms with Crippen LogP contribution in [0.3, 0.4) is 0 Å². The molecule has 1 radical (unpaired) electrons. The summed E-state index contributed by atoms with van der Waals surface area (Å²) in [6.07, 6.45) is 1.55. The van der Waals surface area contributed by atoms with Gasteiger partial charge in [0, 0.05) is 0 Å². The number of carbonyl (C=O) groups excluding carboxylic acids is 3. The molecule has 1 aromatic carbocycles. The largest absolute Gasteiger partial charge is 0.335 e. The Balaban J connectivity index is 2.20. The quantitative estimate of drug-likeness (QED) is 0.911. The number of hydrogen-bond acceptors (Lipinski definition) is 4. The first-order chi connectivity index (χ1) is 10.2. The van der Waals surface area contributed by atoms with Crippen molar-refractivity contribution in [3.05, 3.63) is 47.8 Å². The highest BCUT2D eigenvalue weighted by atomic mass is 32.1. The Kier molecular flexibility index (Phi) is 5.05. The molecular formula is C14H12N3O3S. The number of amides is 4. The van der Waals surface area contributed by atoms with Crippen LogP contribution >= 0.6 is 11.3 Å². The monoisotopic (exact) mass is 302 g/mol. The highest BCUT2D eigenvalue weighted by molar-refractivity contribution is 7.14. The van der Waals surface area contributed by atoms with Crippen LogP contribution in [0.25, 0.3) is 0 Å². The van der Waals surface area contributed by atoms with Crippen LogP contribution in [0.15, 0.2) is 47.8 Å². The second kappa shape index (κ2) is 7.20. The first-order valence-corrected chi connectivity index (χ1v) is 6.93. The molecule has 4 amide bonds. The maximum atomic E-state index is 12.3. The average molecular weight is 302 g/mol. The Bertz CT molecular complexity index is 614. The molecule has 0 bridgehead atoms. The number of thiophene rings is 1. The molecule has 0 atom stereocenters. The number of urea groups is 2. The minimum absolute atomic E-state index is 0.283. The molecule has 6 nitrogen and oxygen atoms in total. The molecule has 0 fully saturated rings. The van der Waals surface area contributed by atoms with Crippen LogP contribution in [0.4, 0.5) is 20.3 Å². The van der Waals surface area contributed by atoms with Crippen molar-refractivity contribution in [2.75, 3.05) is 16.8 Å². The maximum Gasteiger partial charge on any atom is 0.335 e. The van der Waals surface area contributed by atoms with Gasteiger partial charge in [-0.2, -0.15) is 0 Å². The van der Waals surface area contributed by atoms with Gasteiger partial charge in [-0.25, -0.2) is 14.5 Å². The van der Waals surface area contributed by atoms with Gasteiger partial charge in [0.2, 0.25) is 6.29 Å². The minimum Gasteiger partial charge on any atom is -0.330 e. The summed E-state index contributed by atoms with van der Waals surface area (Å²) < 4.78 is 0. The van der Waals surface area contributed by atoms with E-state index in [4.69, 9.17) is 0 Å². The van der Waals surface area contributed by atoms with Gasteiger partial charge >= 0.3 is 12.1 Å². The van der Waals surface area contributed by atoms with Gasteiger partial charge in [0.25, 0.3) is 0 Å². The van der Waals surface area contributed by atoms with Crippen molar-refractivity contribution in [1.82, 2.24) is 5.32 Å². The van der Waals surface area contributed by atoms with Crippen molar-refractivity contribution in [2.45, 2.75) is 0 Å². The number of anilines is 2. The number of imide groups is 1. The predicted octanol–water partition coefficient (Wildman–Crippen LogP) is 2.61. The molecule has 2 N–H and O–H groups in total. The van der Waals surface area contributed by atoms with Gasteiger partial charge in [0.15, 0.2) is 0 Å². The normalized spacial score (nSPS) is 9.71. The first kappa shape index (κ1) is 14.7. The fraction of sp³-hybridized carbons (Fsp3) is 0.0714. The van der Waals surface area contributed by atoms with Gasteiger partial charge in [-0.1, -0.05) is 18.2 Å². The van der Waals surface area contributed by atoms with Crippen LogP contribution in [-0.4, -0.2) is 24.9 Å². The van der Waals surface area contributed by atoms with Crippen LogP contribution in [0.2, 0.25) is 0 Å². The molecule has 0 aliphatic carbocycles. The van der Waals surface area contributed by atoms with Crippen molar-refractivity contribution >= 4 is 40.4 Å². The fourth-order valence-electron chi connectivity index (χ4n) is 1.61. The molecule has 7 heteroatoms. The zero-order chi connectivity index (χ0) is 15.1. The van der Waals surface area contributed by atoms with E-state index in [2.05, 4.69) is 10.6 Å². The number of rotatable bonds is 4. The van der Waals surface area contributed by atoms with E-state index in [9.17, 15) is 14.4 Å². The SMILES string of the molecule is O=[C]CNC(=O)N(C(=O)Nc1cccs1)c1ccccc1. The van der Waals surface area contributed by atoms with E-state index in [1.165, 1.54) is 11.3 Å². The molecule has 1 aromatic heterocycles. The second-order valence-electron chi connectivity index (χ2n) is 3.88. The number of hydrogen-bond donors (Lipinski definition) is 2. The van der Waals surface area contributed by atoms with E-state index in [1.807, 2.05) is 5.38 Å². The molecule has 2 rings (SSSR count). The molecule has 107 valence electrons. The lowest BCUT2D eigenvalue weighted by Crippen LogP contribution is -2.46. The third kappa shape index (κ3) is 3.90. The van der Waals surface area contributed by atoms with E-state index in [-0.39, 0.29) is 6.54 Å². The average Bonchev–Trinajstić information content (AvgIpc) is 2.99. The van der Waals surface area contributed by atoms with E-state index in [0.717, 1.165) is 4.90 Å². The molecular weight excluding hydrogens is 290 g/mol. The molecule has 2 aromatic rings. The van der Waals surface area contributed by atoms with E-state index in [0.29, 0.717) is 10.7 Å². The van der Waals surface area contributed by atoms with E-state index >= 15 is 0 Å². The lowest BCUT2D eigenvalue weighted by atomic mass is 10.3. The van der Waals surface area contributed by atoms with Gasteiger partial charge in [0.1, 0.15) is 0 Å². The Hall–Kier alpha value is -2.67. The number of nitrogens with zero attached hydrogens (tertiary/aromatic N) is 1. The molecule has 0 unspecified atom stereocenters. The molecule has 0 aliphatic heterocycles. The summed E-state index contributed by atoms with van der Waals surface area (Å²) in [6.45, 7) is -0.283. The minimum atomic E-state index is -0.696. The second-order valence-corrected chi connectivity index (χ2v) is 4.83. The van der Waals surface area contributed by atoms with Crippen molar-refractivity contribution in [3.63, 3.8) is 0 Å². The molecule has 0 spiro atoms. The molecule has 1 heterocycles. The predicted molar refractivity (Wildman–Crippen MR) is 81.4 cm³/mol. The van der Waals surface area contributed by atoms with Gasteiger partial charge < -0.3 is 5.32 Å². The van der Waals surface area contributed by atoms with Crippen molar-refractivity contribution in [2.24, 2.45) is 0 Å². The summed E-state index contributed by atoms with van der Waals surface area (Å²) in [4.78, 5) is 35.5. The standard InChI is InChI=1S/C14H12N3O3S/c18-9-8-15-13(19)17(11-5-2-1-3-6-11)14(20)16-12-7-4-10-21-12/h1-7,10H,8H2,(H,15,19)(H,16,20). The molecule has 0 saturated carbocycles. The van der Waals surface area contributed by atoms with Crippen LogP contribution in [-0.2, 0) is 4.79 Å². The summed E-state index contributed by atoms with van der Waals surface area (Å²) in [6, 6.07) is 10.6. The molecule has 0 aliphatic rings. The molecule has 0 saturated heterocycles. The van der Waals surface area contributed by atoms with Crippen molar-refractivity contribution in [1.29, 1.82) is 0 Å². The first-order valence-electron chi connectivity index (χ1n) is 6.05. The van der Waals surface area contributed by atoms with E-state index < -0.39 is 12.1 Å². The topological polar surface area (TPSA) is 78.5 Å². The third-order valence-electron chi connectivity index (χ3n) is 2.48. The third-order valence-corrected chi connectivity index (χ3v) is 3.27. The number of benzene rings is 1. The Morgan fingerprint density at radius 2 is 1.86 bits per heavy atom. The van der Waals surface area contributed by atoms with Gasteiger partial charge in [-0.15, -0.1) is 11.3 Å². The van der Waals surface area contributed by atoms with Crippen molar-refractivity contribution < 1.29 is 14.4 Å². The lowest BCUT2D eigenvalue weighted by Gasteiger charge is -2.20. The van der Waals surface area contributed by atoms with Crippen LogP contribution in [0.1, 0.15) is 0 Å². The zero-order valence-electron chi connectivity index (χ0n) is 10.9. The summed E-state index contributed by atoms with van der Waals surface area (Å²) >= 11 is 1.34. The maximum absolute atomic E-state index is 12.3. The summed E-state index contributed by atoms with van der Waals surface area (Å²) in [7, 11) is 0. The van der Waals surface area contributed by atoms with Gasteiger partial charge in [-0.05, 0) is 29.6 Å². The molecule has 21 heavy (non-hydrogen) atoms. The Morgan fingerprint density at radius 1 is 1.10 bits per heavy atom. The van der Waals surface area contributed by atoms with E-state index in [1.54, 1.807) is 48.8 Å². The van der Waals surface area contributed by atoms with Crippen LogP contribution in [0.5, 0.6) is 0 Å². The zero-order valence-corrected chi connectivity index (χ0v) is 11.7. The van der Waals surface area contributed by atoms with Gasteiger partial charge in [-0.3, -0.25) is 10.1 Å². The van der Waals surface area contributed by atoms with Crippen LogP contribution < -0.4 is 15.5 Å². The van der Waals surface area contributed by atoms with Gasteiger partial charge in [0.05, 0.1) is 17.2 Å². The highest BCUT2D eigenvalue weighted by Crippen LogP contribution is 2.19. The summed E-state index contributed by atoms with van der Waals surface area (Å²) in [5, 5.41) is 7.35. The fourth-order valence-corrected chi connectivity index (χ4v) is 2.21. The number of para-hydroxylation sites is 1. The highest BCUT2D eigenvalue weighted by Gasteiger charge is 2.23. The van der Waals surface area contributed by atoms with Crippen molar-refractivity contribution in [3.8, 4) is 0 Å². The Morgan fingerprint density at radius 3 is 2.48 bits per heavy atom. The number of nitrogens with one attached hydrogen (secondary N) is 2. The summed E-state index contributed by atoms with van der Waals surface area (Å²) in [5.41, 5.74) is 0.398. The Labute approximate surface area is 125 Å². The smallest absolute Gasteiger partial charge is 0.330 e. The lowest BCUT2D eigenvalue weighted by molar-refractivity contribution is 0.240. The summed E-state index contributed by atoms with van der Waals surface area (Å²) in [5.74, 6) is 0. The number of carbonyl (C=O) groups is 2.